The molecule has 100 valence electrons. The van der Waals surface area contributed by atoms with Crippen LogP contribution in [0.3, 0.4) is 0 Å². The molecule has 0 aliphatic rings. The van der Waals surface area contributed by atoms with Crippen LogP contribution in [-0.2, 0) is 11.8 Å². The van der Waals surface area contributed by atoms with Crippen molar-refractivity contribution in [2.45, 2.75) is 32.6 Å². The molecular formula is C16H20N2O. The Morgan fingerprint density at radius 1 is 1.05 bits per heavy atom. The van der Waals surface area contributed by atoms with E-state index in [1.54, 1.807) is 6.20 Å². The van der Waals surface area contributed by atoms with Gasteiger partial charge in [-0.2, -0.15) is 0 Å². The normalized spacial score (nSPS) is 11.6. The van der Waals surface area contributed by atoms with Gasteiger partial charge in [0, 0.05) is 18.2 Å². The number of aromatic nitrogens is 2. The highest BCUT2D eigenvalue weighted by atomic mass is 16.3. The highest BCUT2D eigenvalue weighted by Crippen LogP contribution is 2.25. The predicted molar refractivity (Wildman–Crippen MR) is 77.0 cm³/mol. The van der Waals surface area contributed by atoms with Crippen LogP contribution >= 0.6 is 0 Å². The van der Waals surface area contributed by atoms with Gasteiger partial charge in [0.2, 0.25) is 0 Å². The lowest BCUT2D eigenvalue weighted by atomic mass is 9.86. The van der Waals surface area contributed by atoms with Gasteiger partial charge in [-0.05, 0) is 17.0 Å². The van der Waals surface area contributed by atoms with Crippen molar-refractivity contribution in [3.8, 4) is 11.3 Å². The molecule has 0 aliphatic carbocycles. The van der Waals surface area contributed by atoms with E-state index in [4.69, 9.17) is 5.11 Å². The number of aliphatic hydroxyl groups excluding tert-OH is 1. The Hall–Kier alpha value is -1.74. The Balaban J connectivity index is 2.29. The molecule has 3 nitrogen and oxygen atoms in total. The van der Waals surface area contributed by atoms with Crippen LogP contribution in [0.1, 0.15) is 32.2 Å². The van der Waals surface area contributed by atoms with Crippen LogP contribution in [0.25, 0.3) is 11.3 Å². The molecule has 3 heteroatoms. The molecular weight excluding hydrogens is 236 g/mol. The fourth-order valence-electron chi connectivity index (χ4n) is 1.92. The Labute approximate surface area is 114 Å². The minimum absolute atomic E-state index is 0.0758. The summed E-state index contributed by atoms with van der Waals surface area (Å²) < 4.78 is 0. The largest absolute Gasteiger partial charge is 0.396 e. The molecule has 0 bridgehead atoms. The lowest BCUT2D eigenvalue weighted by molar-refractivity contribution is 0.296. The van der Waals surface area contributed by atoms with Gasteiger partial charge in [0.1, 0.15) is 5.82 Å². The van der Waals surface area contributed by atoms with Crippen molar-refractivity contribution in [3.63, 3.8) is 0 Å². The molecule has 1 N–H and O–H groups in total. The summed E-state index contributed by atoms with van der Waals surface area (Å²) in [4.78, 5) is 8.59. The van der Waals surface area contributed by atoms with Gasteiger partial charge in [0.05, 0.1) is 12.3 Å². The van der Waals surface area contributed by atoms with Gasteiger partial charge in [-0.3, -0.25) is 0 Å². The first kappa shape index (κ1) is 13.7. The predicted octanol–water partition coefficient (Wildman–Crippen LogP) is 2.98. The molecule has 0 atom stereocenters. The van der Waals surface area contributed by atoms with E-state index < -0.39 is 0 Å². The van der Waals surface area contributed by atoms with E-state index in [1.807, 2.05) is 6.07 Å². The summed E-state index contributed by atoms with van der Waals surface area (Å²) in [5.74, 6) is 0.680. The first-order chi connectivity index (χ1) is 9.00. The number of hydrogen-bond donors (Lipinski definition) is 1. The number of hydrogen-bond acceptors (Lipinski definition) is 3. The molecule has 2 rings (SSSR count). The zero-order valence-electron chi connectivity index (χ0n) is 11.7. The maximum absolute atomic E-state index is 8.93. The SMILES string of the molecule is CC(C)(C)c1ccc(-c2ccnc(CCO)n2)cc1. The molecule has 1 aromatic carbocycles. The lowest BCUT2D eigenvalue weighted by Gasteiger charge is -2.19. The second kappa shape index (κ2) is 5.49. The number of nitrogens with zero attached hydrogens (tertiary/aromatic N) is 2. The molecule has 1 aromatic heterocycles. The van der Waals surface area contributed by atoms with E-state index in [-0.39, 0.29) is 12.0 Å². The van der Waals surface area contributed by atoms with Crippen molar-refractivity contribution in [3.05, 3.63) is 47.9 Å². The van der Waals surface area contributed by atoms with Crippen molar-refractivity contribution in [1.82, 2.24) is 9.97 Å². The van der Waals surface area contributed by atoms with Gasteiger partial charge < -0.3 is 5.11 Å². The number of benzene rings is 1. The van der Waals surface area contributed by atoms with Crippen molar-refractivity contribution >= 4 is 0 Å². The van der Waals surface area contributed by atoms with Gasteiger partial charge >= 0.3 is 0 Å². The highest BCUT2D eigenvalue weighted by molar-refractivity contribution is 5.59. The van der Waals surface area contributed by atoms with E-state index in [0.717, 1.165) is 11.3 Å². The molecule has 0 saturated carbocycles. The Morgan fingerprint density at radius 3 is 2.32 bits per heavy atom. The topological polar surface area (TPSA) is 46.0 Å². The molecule has 0 fully saturated rings. The Kier molecular flexibility index (Phi) is 3.96. The average molecular weight is 256 g/mol. The monoisotopic (exact) mass is 256 g/mol. The summed E-state index contributed by atoms with van der Waals surface area (Å²) in [5.41, 5.74) is 3.45. The fourth-order valence-corrected chi connectivity index (χ4v) is 1.92. The minimum atomic E-state index is 0.0758. The molecule has 0 radical (unpaired) electrons. The lowest BCUT2D eigenvalue weighted by Crippen LogP contribution is -2.10. The van der Waals surface area contributed by atoms with Gasteiger partial charge in [-0.25, -0.2) is 9.97 Å². The summed E-state index contributed by atoms with van der Waals surface area (Å²) in [6, 6.07) is 10.4. The maximum Gasteiger partial charge on any atom is 0.131 e. The number of rotatable bonds is 3. The van der Waals surface area contributed by atoms with Crippen molar-refractivity contribution in [2.75, 3.05) is 6.61 Å². The molecule has 19 heavy (non-hydrogen) atoms. The van der Waals surface area contributed by atoms with Crippen molar-refractivity contribution in [1.29, 1.82) is 0 Å². The van der Waals surface area contributed by atoms with Gasteiger partial charge in [-0.1, -0.05) is 45.0 Å². The average Bonchev–Trinajstić information content (AvgIpc) is 2.39. The van der Waals surface area contributed by atoms with Crippen LogP contribution in [0.5, 0.6) is 0 Å². The summed E-state index contributed by atoms with van der Waals surface area (Å²) in [7, 11) is 0. The zero-order valence-corrected chi connectivity index (χ0v) is 11.7. The summed E-state index contributed by atoms with van der Waals surface area (Å²) >= 11 is 0. The van der Waals surface area contributed by atoms with E-state index in [2.05, 4.69) is 55.0 Å². The second-order valence-corrected chi connectivity index (χ2v) is 5.66. The third-order valence-electron chi connectivity index (χ3n) is 3.09. The van der Waals surface area contributed by atoms with Gasteiger partial charge in [0.25, 0.3) is 0 Å². The summed E-state index contributed by atoms with van der Waals surface area (Å²) in [6.07, 6.45) is 2.24. The molecule has 1 heterocycles. The zero-order chi connectivity index (χ0) is 13.9. The fraction of sp³-hybridized carbons (Fsp3) is 0.375. The molecule has 0 saturated heterocycles. The smallest absolute Gasteiger partial charge is 0.131 e. The molecule has 0 amide bonds. The first-order valence-electron chi connectivity index (χ1n) is 6.54. The van der Waals surface area contributed by atoms with Crippen LogP contribution in [0.2, 0.25) is 0 Å². The molecule has 2 aromatic rings. The molecule has 0 spiro atoms. The third-order valence-corrected chi connectivity index (χ3v) is 3.09. The van der Waals surface area contributed by atoms with E-state index in [0.29, 0.717) is 12.2 Å². The quantitative estimate of drug-likeness (QED) is 0.918. The minimum Gasteiger partial charge on any atom is -0.396 e. The van der Waals surface area contributed by atoms with Crippen LogP contribution in [0.4, 0.5) is 0 Å². The number of aliphatic hydroxyl groups is 1. The first-order valence-corrected chi connectivity index (χ1v) is 6.54. The van der Waals surface area contributed by atoms with Crippen LogP contribution in [0, 0.1) is 0 Å². The third kappa shape index (κ3) is 3.38. The molecule has 0 aliphatic heterocycles. The molecule has 0 unspecified atom stereocenters. The summed E-state index contributed by atoms with van der Waals surface area (Å²) in [5, 5.41) is 8.93. The highest BCUT2D eigenvalue weighted by Gasteiger charge is 2.13. The van der Waals surface area contributed by atoms with E-state index in [1.165, 1.54) is 5.56 Å². The van der Waals surface area contributed by atoms with E-state index in [9.17, 15) is 0 Å². The van der Waals surface area contributed by atoms with Crippen molar-refractivity contribution in [2.24, 2.45) is 0 Å². The Morgan fingerprint density at radius 2 is 1.74 bits per heavy atom. The van der Waals surface area contributed by atoms with Crippen LogP contribution in [-0.4, -0.2) is 21.7 Å². The Bertz CT molecular complexity index is 541. The van der Waals surface area contributed by atoms with E-state index >= 15 is 0 Å². The van der Waals surface area contributed by atoms with Gasteiger partial charge in [-0.15, -0.1) is 0 Å². The summed E-state index contributed by atoms with van der Waals surface area (Å²) in [6.45, 7) is 6.68. The van der Waals surface area contributed by atoms with Gasteiger partial charge in [0.15, 0.2) is 0 Å². The maximum atomic E-state index is 8.93. The van der Waals surface area contributed by atoms with Crippen LogP contribution < -0.4 is 0 Å². The van der Waals surface area contributed by atoms with Crippen LogP contribution in [0.15, 0.2) is 36.5 Å². The van der Waals surface area contributed by atoms with Crippen molar-refractivity contribution < 1.29 is 5.11 Å². The standard InChI is InChI=1S/C16H20N2O/c1-16(2,3)13-6-4-12(5-7-13)14-8-10-17-15(18-14)9-11-19/h4-8,10,19H,9,11H2,1-3H3. The second-order valence-electron chi connectivity index (χ2n) is 5.66.